The van der Waals surface area contributed by atoms with Crippen molar-refractivity contribution in [1.29, 1.82) is 0 Å². The van der Waals surface area contributed by atoms with Gasteiger partial charge in [-0.15, -0.1) is 0 Å². The lowest BCUT2D eigenvalue weighted by atomic mass is 10.1. The van der Waals surface area contributed by atoms with Crippen LogP contribution in [0.3, 0.4) is 0 Å². The highest BCUT2D eigenvalue weighted by Gasteiger charge is 2.29. The molecule has 0 fully saturated rings. The van der Waals surface area contributed by atoms with Gasteiger partial charge in [0.15, 0.2) is 5.04 Å². The summed E-state index contributed by atoms with van der Waals surface area (Å²) < 4.78 is 31.8. The lowest BCUT2D eigenvalue weighted by molar-refractivity contribution is 0.331. The molecule has 0 saturated heterocycles. The van der Waals surface area contributed by atoms with E-state index in [0.29, 0.717) is 24.5 Å². The fraction of sp³-hybridized carbons (Fsp3) is 0.118. The second-order valence-corrected chi connectivity index (χ2v) is 7.09. The summed E-state index contributed by atoms with van der Waals surface area (Å²) in [6, 6.07) is 13.9. The summed E-state index contributed by atoms with van der Waals surface area (Å²) in [6.07, 6.45) is 1.78. The Bertz CT molecular complexity index is 1000. The summed E-state index contributed by atoms with van der Waals surface area (Å²) in [5, 5.41) is 0.865. The monoisotopic (exact) mass is 326 g/mol. The van der Waals surface area contributed by atoms with Gasteiger partial charge >= 0.3 is 0 Å². The predicted molar refractivity (Wildman–Crippen MR) is 88.8 cm³/mol. The van der Waals surface area contributed by atoms with Gasteiger partial charge in [0, 0.05) is 17.1 Å². The van der Waals surface area contributed by atoms with Gasteiger partial charge < -0.3 is 9.72 Å². The van der Waals surface area contributed by atoms with Crippen LogP contribution >= 0.6 is 0 Å². The topological polar surface area (TPSA) is 71.5 Å². The molecule has 2 aromatic carbocycles. The number of ether oxygens (including phenoxy) is 1. The maximum absolute atomic E-state index is 13.1. The third-order valence-electron chi connectivity index (χ3n) is 3.82. The quantitative estimate of drug-likeness (QED) is 0.747. The highest BCUT2D eigenvalue weighted by atomic mass is 32.2. The van der Waals surface area contributed by atoms with Crippen LogP contribution in [0.2, 0.25) is 0 Å². The van der Waals surface area contributed by atoms with Crippen LogP contribution < -0.4 is 4.74 Å². The average molecular weight is 326 g/mol. The molecule has 3 aromatic rings. The molecule has 6 heteroatoms. The molecule has 0 bridgehead atoms. The number of H-pyrrole nitrogens is 1. The Morgan fingerprint density at radius 2 is 1.87 bits per heavy atom. The van der Waals surface area contributed by atoms with Crippen LogP contribution in [0.5, 0.6) is 5.75 Å². The number of benzene rings is 2. The van der Waals surface area contributed by atoms with Gasteiger partial charge in [0.25, 0.3) is 0 Å². The number of fused-ring (bicyclic) bond motifs is 3. The molecule has 4 rings (SSSR count). The Morgan fingerprint density at radius 1 is 1.04 bits per heavy atom. The Kier molecular flexibility index (Phi) is 3.20. The van der Waals surface area contributed by atoms with Crippen LogP contribution in [0.25, 0.3) is 10.9 Å². The first-order valence-corrected chi connectivity index (χ1v) is 8.74. The molecule has 0 unspecified atom stereocenters. The third kappa shape index (κ3) is 2.22. The van der Waals surface area contributed by atoms with Crippen molar-refractivity contribution >= 4 is 25.8 Å². The van der Waals surface area contributed by atoms with E-state index in [2.05, 4.69) is 9.98 Å². The molecule has 23 heavy (non-hydrogen) atoms. The first-order valence-electron chi connectivity index (χ1n) is 7.26. The minimum atomic E-state index is -3.71. The average Bonchev–Trinajstić information content (AvgIpc) is 2.94. The fourth-order valence-corrected chi connectivity index (χ4v) is 4.25. The van der Waals surface area contributed by atoms with E-state index >= 15 is 0 Å². The van der Waals surface area contributed by atoms with Crippen molar-refractivity contribution in [3.05, 3.63) is 60.3 Å². The Hall–Kier alpha value is -2.60. The van der Waals surface area contributed by atoms with Crippen LogP contribution in [-0.4, -0.2) is 31.6 Å². The van der Waals surface area contributed by atoms with E-state index in [1.807, 2.05) is 12.1 Å². The van der Waals surface area contributed by atoms with Gasteiger partial charge in [0.2, 0.25) is 9.84 Å². The van der Waals surface area contributed by atoms with Crippen molar-refractivity contribution in [2.45, 2.75) is 4.90 Å². The Balaban J connectivity index is 2.01. The fourth-order valence-electron chi connectivity index (χ4n) is 2.77. The summed E-state index contributed by atoms with van der Waals surface area (Å²) in [4.78, 5) is 7.66. The van der Waals surface area contributed by atoms with Gasteiger partial charge in [-0.2, -0.15) is 0 Å². The number of hydrogen-bond donors (Lipinski definition) is 1. The Labute approximate surface area is 133 Å². The minimum absolute atomic E-state index is 0.0707. The number of rotatable bonds is 1. The van der Waals surface area contributed by atoms with Crippen LogP contribution in [-0.2, 0) is 9.84 Å². The highest BCUT2D eigenvalue weighted by Crippen LogP contribution is 2.32. The van der Waals surface area contributed by atoms with E-state index in [4.69, 9.17) is 4.74 Å². The largest absolute Gasteiger partial charge is 0.491 e. The van der Waals surface area contributed by atoms with E-state index in [1.165, 1.54) is 0 Å². The zero-order chi connectivity index (χ0) is 15.9. The van der Waals surface area contributed by atoms with Crippen molar-refractivity contribution in [2.75, 3.05) is 13.2 Å². The molecule has 5 nitrogen and oxygen atoms in total. The Morgan fingerprint density at radius 3 is 2.70 bits per heavy atom. The standard InChI is InChI=1S/C17H14N2O3S/c20-23(21,12-4-2-1-3-5-12)17-16-13-8-9-18-14(13)6-7-15(16)22-11-10-19-17/h1-9,18H,10-11H2. The van der Waals surface area contributed by atoms with Crippen molar-refractivity contribution in [2.24, 2.45) is 4.99 Å². The summed E-state index contributed by atoms with van der Waals surface area (Å²) in [6.45, 7) is 0.665. The molecule has 116 valence electrons. The number of sulfone groups is 1. The maximum Gasteiger partial charge on any atom is 0.224 e. The number of nitrogens with zero attached hydrogens (tertiary/aromatic N) is 1. The van der Waals surface area contributed by atoms with E-state index in [-0.39, 0.29) is 9.94 Å². The lowest BCUT2D eigenvalue weighted by Gasteiger charge is -2.11. The van der Waals surface area contributed by atoms with Gasteiger partial charge in [0.1, 0.15) is 12.4 Å². The van der Waals surface area contributed by atoms with E-state index in [0.717, 1.165) is 10.9 Å². The molecule has 0 spiro atoms. The summed E-state index contributed by atoms with van der Waals surface area (Å²) in [5.74, 6) is 0.549. The van der Waals surface area contributed by atoms with Crippen molar-refractivity contribution < 1.29 is 13.2 Å². The molecule has 0 radical (unpaired) electrons. The molecular weight excluding hydrogens is 312 g/mol. The molecule has 1 aliphatic heterocycles. The molecule has 1 aromatic heterocycles. The molecule has 1 N–H and O–H groups in total. The smallest absolute Gasteiger partial charge is 0.224 e. The van der Waals surface area contributed by atoms with Gasteiger partial charge in [0.05, 0.1) is 17.0 Å². The number of nitrogens with one attached hydrogen (secondary N) is 1. The van der Waals surface area contributed by atoms with Crippen molar-refractivity contribution in [1.82, 2.24) is 4.98 Å². The zero-order valence-electron chi connectivity index (χ0n) is 12.2. The first-order chi connectivity index (χ1) is 11.2. The number of aliphatic imine (C=N–C) groups is 1. The molecule has 0 amide bonds. The minimum Gasteiger partial charge on any atom is -0.491 e. The normalized spacial score (nSPS) is 14.7. The first kappa shape index (κ1) is 14.0. The second-order valence-electron chi connectivity index (χ2n) is 5.23. The number of aromatic nitrogens is 1. The van der Waals surface area contributed by atoms with Gasteiger partial charge in [-0.25, -0.2) is 8.42 Å². The van der Waals surface area contributed by atoms with Crippen LogP contribution in [0.1, 0.15) is 5.56 Å². The summed E-state index contributed by atoms with van der Waals surface area (Å²) in [5.41, 5.74) is 1.38. The van der Waals surface area contributed by atoms with E-state index in [9.17, 15) is 8.42 Å². The molecule has 0 saturated carbocycles. The third-order valence-corrected chi connectivity index (χ3v) is 5.56. The van der Waals surface area contributed by atoms with Gasteiger partial charge in [-0.3, -0.25) is 4.99 Å². The summed E-state index contributed by atoms with van der Waals surface area (Å²) in [7, 11) is -3.71. The molecular formula is C17H14N2O3S. The molecule has 2 heterocycles. The second kappa shape index (κ2) is 5.24. The van der Waals surface area contributed by atoms with Crippen molar-refractivity contribution in [3.8, 4) is 5.75 Å². The molecule has 0 aliphatic carbocycles. The number of aromatic amines is 1. The number of hydrogen-bond acceptors (Lipinski definition) is 4. The van der Waals surface area contributed by atoms with Gasteiger partial charge in [-0.05, 0) is 30.3 Å². The van der Waals surface area contributed by atoms with Crippen LogP contribution in [0.15, 0.2) is 64.6 Å². The lowest BCUT2D eigenvalue weighted by Crippen LogP contribution is -2.17. The zero-order valence-corrected chi connectivity index (χ0v) is 13.0. The van der Waals surface area contributed by atoms with E-state index < -0.39 is 9.84 Å². The van der Waals surface area contributed by atoms with Crippen LogP contribution in [0.4, 0.5) is 0 Å². The van der Waals surface area contributed by atoms with Gasteiger partial charge in [-0.1, -0.05) is 18.2 Å². The SMILES string of the molecule is O=S(=O)(C1=NCCOc2ccc3[nH]ccc3c21)c1ccccc1. The highest BCUT2D eigenvalue weighted by molar-refractivity contribution is 8.07. The maximum atomic E-state index is 13.1. The summed E-state index contributed by atoms with van der Waals surface area (Å²) >= 11 is 0. The molecule has 0 atom stereocenters. The van der Waals surface area contributed by atoms with E-state index in [1.54, 1.807) is 42.6 Å². The molecule has 1 aliphatic rings. The van der Waals surface area contributed by atoms with Crippen molar-refractivity contribution in [3.63, 3.8) is 0 Å². The predicted octanol–water partition coefficient (Wildman–Crippen LogP) is 2.78. The van der Waals surface area contributed by atoms with Crippen LogP contribution in [0, 0.1) is 0 Å².